The lowest BCUT2D eigenvalue weighted by atomic mass is 10.6. The van der Waals surface area contributed by atoms with Gasteiger partial charge in [0.1, 0.15) is 0 Å². The van der Waals surface area contributed by atoms with Gasteiger partial charge in [0, 0.05) is 6.42 Å². The summed E-state index contributed by atoms with van der Waals surface area (Å²) in [5.41, 5.74) is 0. The van der Waals surface area contributed by atoms with Crippen molar-refractivity contribution in [2.45, 2.75) is 27.2 Å². The third-order valence-corrected chi connectivity index (χ3v) is 1.05. The van der Waals surface area contributed by atoms with Crippen LogP contribution in [0.25, 0.3) is 0 Å². The molecule has 0 aliphatic rings. The van der Waals surface area contributed by atoms with Crippen LogP contribution >= 0.6 is 24.0 Å². The van der Waals surface area contributed by atoms with Crippen LogP contribution in [0.5, 0.6) is 0 Å². The number of rotatable bonds is 3. The molecule has 4 heteroatoms. The Labute approximate surface area is 80.1 Å². The lowest BCUT2D eigenvalue weighted by Crippen LogP contribution is -2.09. The first kappa shape index (κ1) is 17.3. The molecule has 0 aromatic rings. The Bertz CT molecular complexity index is 76.8. The minimum Gasteiger partial charge on any atom is -0.317 e. The molecule has 0 aliphatic carbocycles. The SMILES string of the molecule is CCC(=O)Cl.CCNCC.Cl. The molecule has 0 rings (SSSR count). The van der Waals surface area contributed by atoms with Crippen LogP contribution in [-0.2, 0) is 4.79 Å². The average Bonchev–Trinajstić information content (AvgIpc) is 1.91. The standard InChI is InChI=1S/C4H11N.C3H5ClO.ClH/c1-3-5-4-2;1-2-3(4)5;/h5H,3-4H2,1-2H3;2H2,1H3;1H. The van der Waals surface area contributed by atoms with Crippen LogP contribution in [0.4, 0.5) is 0 Å². The monoisotopic (exact) mass is 201 g/mol. The summed E-state index contributed by atoms with van der Waals surface area (Å²) in [6.07, 6.45) is 0.432. The van der Waals surface area contributed by atoms with Crippen molar-refractivity contribution in [3.8, 4) is 0 Å². The molecule has 1 N–H and O–H groups in total. The van der Waals surface area contributed by atoms with Gasteiger partial charge in [0.05, 0.1) is 0 Å². The first-order chi connectivity index (χ1) is 4.68. The lowest BCUT2D eigenvalue weighted by Gasteiger charge is -1.86. The van der Waals surface area contributed by atoms with Crippen molar-refractivity contribution in [1.29, 1.82) is 0 Å². The van der Waals surface area contributed by atoms with E-state index < -0.39 is 0 Å². The van der Waals surface area contributed by atoms with Gasteiger partial charge in [-0.2, -0.15) is 0 Å². The first-order valence-corrected chi connectivity index (χ1v) is 3.95. The van der Waals surface area contributed by atoms with E-state index in [0.717, 1.165) is 13.1 Å². The first-order valence-electron chi connectivity index (χ1n) is 3.58. The number of hydrogen-bond donors (Lipinski definition) is 1. The van der Waals surface area contributed by atoms with Gasteiger partial charge in [-0.1, -0.05) is 20.8 Å². The third-order valence-electron chi connectivity index (χ3n) is 0.778. The van der Waals surface area contributed by atoms with Crippen LogP contribution in [0, 0.1) is 0 Å². The fraction of sp³-hybridized carbons (Fsp3) is 0.857. The maximum Gasteiger partial charge on any atom is 0.221 e. The average molecular weight is 202 g/mol. The molecule has 0 fully saturated rings. The Morgan fingerprint density at radius 1 is 1.27 bits per heavy atom. The van der Waals surface area contributed by atoms with Crippen molar-refractivity contribution in [3.63, 3.8) is 0 Å². The van der Waals surface area contributed by atoms with Crippen molar-refractivity contribution in [1.82, 2.24) is 5.32 Å². The fourth-order valence-corrected chi connectivity index (χ4v) is 0.250. The molecule has 0 unspecified atom stereocenters. The molecule has 0 radical (unpaired) electrons. The van der Waals surface area contributed by atoms with Gasteiger partial charge in [-0.15, -0.1) is 12.4 Å². The number of hydrogen-bond acceptors (Lipinski definition) is 2. The van der Waals surface area contributed by atoms with Gasteiger partial charge in [-0.3, -0.25) is 4.79 Å². The molecule has 11 heavy (non-hydrogen) atoms. The van der Waals surface area contributed by atoms with E-state index in [4.69, 9.17) is 11.6 Å². The molecule has 0 amide bonds. The second-order valence-corrected chi connectivity index (χ2v) is 2.09. The van der Waals surface area contributed by atoms with E-state index in [2.05, 4.69) is 19.2 Å². The summed E-state index contributed by atoms with van der Waals surface area (Å²) in [5.74, 6) is 0. The molecular formula is C7H17Cl2NO. The normalized spacial score (nSPS) is 7.27. The summed E-state index contributed by atoms with van der Waals surface area (Å²) in [6.45, 7) is 8.11. The van der Waals surface area contributed by atoms with Crippen molar-refractivity contribution < 1.29 is 4.79 Å². The Morgan fingerprint density at radius 2 is 1.55 bits per heavy atom. The Morgan fingerprint density at radius 3 is 1.55 bits per heavy atom. The molecule has 0 bridgehead atoms. The summed E-state index contributed by atoms with van der Waals surface area (Å²) in [7, 11) is 0. The Hall–Kier alpha value is 0.210. The largest absolute Gasteiger partial charge is 0.317 e. The molecule has 0 heterocycles. The predicted molar refractivity (Wildman–Crippen MR) is 52.6 cm³/mol. The molecule has 0 aromatic carbocycles. The summed E-state index contributed by atoms with van der Waals surface area (Å²) in [5, 5.41) is 2.84. The number of nitrogens with one attached hydrogen (secondary N) is 1. The highest BCUT2D eigenvalue weighted by Gasteiger charge is 1.81. The second-order valence-electron chi connectivity index (χ2n) is 1.67. The molecule has 0 aromatic heterocycles. The van der Waals surface area contributed by atoms with Gasteiger partial charge in [0.2, 0.25) is 5.24 Å². The number of carbonyl (C=O) groups is 1. The topological polar surface area (TPSA) is 29.1 Å². The van der Waals surface area contributed by atoms with Crippen molar-refractivity contribution >= 4 is 29.3 Å². The van der Waals surface area contributed by atoms with E-state index in [-0.39, 0.29) is 17.6 Å². The minimum atomic E-state index is -0.273. The highest BCUT2D eigenvalue weighted by atomic mass is 35.5. The molecule has 2 nitrogen and oxygen atoms in total. The van der Waals surface area contributed by atoms with Gasteiger partial charge < -0.3 is 5.32 Å². The van der Waals surface area contributed by atoms with Crippen LogP contribution in [-0.4, -0.2) is 18.3 Å². The number of carbonyl (C=O) groups excluding carboxylic acids is 1. The lowest BCUT2D eigenvalue weighted by molar-refractivity contribution is -0.111. The third kappa shape index (κ3) is 38.8. The van der Waals surface area contributed by atoms with Crippen molar-refractivity contribution in [3.05, 3.63) is 0 Å². The maximum atomic E-state index is 9.58. The molecule has 0 atom stereocenters. The maximum absolute atomic E-state index is 9.58. The van der Waals surface area contributed by atoms with Gasteiger partial charge in [-0.05, 0) is 24.7 Å². The highest BCUT2D eigenvalue weighted by Crippen LogP contribution is 1.81. The summed E-state index contributed by atoms with van der Waals surface area (Å²) >= 11 is 4.82. The van der Waals surface area contributed by atoms with Crippen LogP contribution in [0.3, 0.4) is 0 Å². The molecule has 70 valence electrons. The van der Waals surface area contributed by atoms with Gasteiger partial charge in [-0.25, -0.2) is 0 Å². The molecular weight excluding hydrogens is 185 g/mol. The molecule has 0 aliphatic heterocycles. The Kier molecular flexibility index (Phi) is 26.3. The fourth-order valence-electron chi connectivity index (χ4n) is 0.250. The van der Waals surface area contributed by atoms with Crippen LogP contribution in [0.2, 0.25) is 0 Å². The van der Waals surface area contributed by atoms with E-state index >= 15 is 0 Å². The smallest absolute Gasteiger partial charge is 0.221 e. The summed E-state index contributed by atoms with van der Waals surface area (Å²) in [4.78, 5) is 9.58. The van der Waals surface area contributed by atoms with Gasteiger partial charge in [0.25, 0.3) is 0 Å². The zero-order valence-electron chi connectivity index (χ0n) is 7.32. The van der Waals surface area contributed by atoms with Crippen LogP contribution < -0.4 is 5.32 Å². The van der Waals surface area contributed by atoms with Crippen LogP contribution in [0.1, 0.15) is 27.2 Å². The van der Waals surface area contributed by atoms with E-state index in [1.54, 1.807) is 6.92 Å². The van der Waals surface area contributed by atoms with Gasteiger partial charge in [0.15, 0.2) is 0 Å². The van der Waals surface area contributed by atoms with Gasteiger partial charge >= 0.3 is 0 Å². The zero-order chi connectivity index (χ0) is 8.41. The van der Waals surface area contributed by atoms with E-state index in [1.165, 1.54) is 0 Å². The predicted octanol–water partition coefficient (Wildman–Crippen LogP) is 2.20. The molecule has 0 saturated heterocycles. The van der Waals surface area contributed by atoms with Crippen molar-refractivity contribution in [2.75, 3.05) is 13.1 Å². The summed E-state index contributed by atoms with van der Waals surface area (Å²) < 4.78 is 0. The summed E-state index contributed by atoms with van der Waals surface area (Å²) in [6, 6.07) is 0. The second kappa shape index (κ2) is 16.7. The minimum absolute atomic E-state index is 0. The highest BCUT2D eigenvalue weighted by molar-refractivity contribution is 6.63. The Balaban J connectivity index is -0.000000107. The van der Waals surface area contributed by atoms with E-state index in [1.807, 2.05) is 0 Å². The zero-order valence-corrected chi connectivity index (χ0v) is 8.89. The van der Waals surface area contributed by atoms with Crippen LogP contribution in [0.15, 0.2) is 0 Å². The van der Waals surface area contributed by atoms with E-state index in [0.29, 0.717) is 6.42 Å². The number of halogens is 2. The molecule has 0 spiro atoms. The van der Waals surface area contributed by atoms with E-state index in [9.17, 15) is 4.79 Å². The quantitative estimate of drug-likeness (QED) is 0.711. The molecule has 0 saturated carbocycles. The van der Waals surface area contributed by atoms with Crippen molar-refractivity contribution in [2.24, 2.45) is 0 Å².